The van der Waals surface area contributed by atoms with Crippen LogP contribution in [0, 0.1) is 17.1 Å². The highest BCUT2D eigenvalue weighted by Crippen LogP contribution is 2.27. The van der Waals surface area contributed by atoms with E-state index in [1.165, 1.54) is 6.07 Å². The number of nitriles is 1. The molecule has 2 atom stereocenters. The first-order valence-electron chi connectivity index (χ1n) is 5.89. The molecule has 1 aromatic rings. The molecule has 0 spiro atoms. The van der Waals surface area contributed by atoms with Gasteiger partial charge >= 0.3 is 5.97 Å². The second kappa shape index (κ2) is 5.40. The van der Waals surface area contributed by atoms with Crippen molar-refractivity contribution < 1.29 is 27.8 Å². The predicted octanol–water partition coefficient (Wildman–Crippen LogP) is -0.0941. The van der Waals surface area contributed by atoms with Crippen LogP contribution in [0.3, 0.4) is 0 Å². The lowest BCUT2D eigenvalue weighted by Gasteiger charge is -2.20. The Labute approximate surface area is 119 Å². The van der Waals surface area contributed by atoms with Crippen LogP contribution in [-0.2, 0) is 14.8 Å². The number of benzene rings is 1. The Morgan fingerprint density at radius 1 is 1.48 bits per heavy atom. The molecule has 112 valence electrons. The van der Waals surface area contributed by atoms with Gasteiger partial charge in [0.05, 0.1) is 16.6 Å². The fourth-order valence-electron chi connectivity index (χ4n) is 2.16. The molecule has 1 saturated heterocycles. The molecule has 0 radical (unpaired) electrons. The van der Waals surface area contributed by atoms with Crippen molar-refractivity contribution in [2.45, 2.75) is 23.5 Å². The average molecular weight is 314 g/mol. The zero-order valence-corrected chi connectivity index (χ0v) is 11.4. The number of aliphatic hydroxyl groups is 1. The van der Waals surface area contributed by atoms with Gasteiger partial charge in [-0.15, -0.1) is 0 Å². The van der Waals surface area contributed by atoms with Gasteiger partial charge in [0.15, 0.2) is 0 Å². The number of carboxylic acid groups (broad SMARTS) is 1. The first kappa shape index (κ1) is 15.4. The van der Waals surface area contributed by atoms with Crippen molar-refractivity contribution in [2.75, 3.05) is 6.54 Å². The molecule has 0 bridgehead atoms. The number of hydrogen-bond donors (Lipinski definition) is 2. The third kappa shape index (κ3) is 2.73. The van der Waals surface area contributed by atoms with Gasteiger partial charge in [-0.1, -0.05) is 0 Å². The highest BCUT2D eigenvalue weighted by molar-refractivity contribution is 7.89. The lowest BCUT2D eigenvalue weighted by Crippen LogP contribution is -2.40. The van der Waals surface area contributed by atoms with Crippen molar-refractivity contribution in [2.24, 2.45) is 0 Å². The summed E-state index contributed by atoms with van der Waals surface area (Å²) in [6.07, 6.45) is -1.31. The van der Waals surface area contributed by atoms with Gasteiger partial charge in [0.2, 0.25) is 10.0 Å². The Morgan fingerprint density at radius 2 is 2.14 bits per heavy atom. The molecule has 1 unspecified atom stereocenters. The lowest BCUT2D eigenvalue weighted by molar-refractivity contribution is -0.140. The van der Waals surface area contributed by atoms with Gasteiger partial charge in [-0.3, -0.25) is 4.79 Å². The van der Waals surface area contributed by atoms with Crippen LogP contribution >= 0.6 is 0 Å². The molecular formula is C12H11FN2O5S. The van der Waals surface area contributed by atoms with Crippen molar-refractivity contribution in [3.8, 4) is 6.07 Å². The van der Waals surface area contributed by atoms with E-state index in [1.807, 2.05) is 0 Å². The zero-order chi connectivity index (χ0) is 15.8. The third-order valence-corrected chi connectivity index (χ3v) is 5.05. The number of carbonyl (C=O) groups is 1. The normalized spacial score (nSPS) is 22.9. The largest absolute Gasteiger partial charge is 0.480 e. The molecule has 7 nitrogen and oxygen atoms in total. The Balaban J connectivity index is 2.47. The summed E-state index contributed by atoms with van der Waals surface area (Å²) in [7, 11) is -4.24. The molecule has 1 aromatic carbocycles. The minimum Gasteiger partial charge on any atom is -0.480 e. The number of β-amino-alcohol motifs (C(OH)–C–C–N with tert-alkyl or cyclic N) is 1. The third-order valence-electron chi connectivity index (χ3n) is 3.18. The molecule has 0 aliphatic carbocycles. The van der Waals surface area contributed by atoms with Crippen molar-refractivity contribution >= 4 is 16.0 Å². The van der Waals surface area contributed by atoms with Crippen LogP contribution in [0.1, 0.15) is 12.0 Å². The molecule has 0 amide bonds. The van der Waals surface area contributed by atoms with Crippen LogP contribution in [0.15, 0.2) is 23.1 Å². The number of hydrogen-bond acceptors (Lipinski definition) is 5. The molecule has 1 heterocycles. The van der Waals surface area contributed by atoms with Gasteiger partial charge in [-0.25, -0.2) is 12.8 Å². The Kier molecular flexibility index (Phi) is 3.95. The fraction of sp³-hybridized carbons (Fsp3) is 0.333. The molecule has 21 heavy (non-hydrogen) atoms. The topological polar surface area (TPSA) is 119 Å². The lowest BCUT2D eigenvalue weighted by atomic mass is 10.2. The van der Waals surface area contributed by atoms with E-state index in [-0.39, 0.29) is 17.9 Å². The van der Waals surface area contributed by atoms with Gasteiger partial charge in [0.1, 0.15) is 17.9 Å². The maximum atomic E-state index is 13.2. The standard InChI is InChI=1S/C12H11FN2O5S/c13-10-2-1-9(3-7(10)5-14)21(19,20)15-6-8(16)4-11(15)12(17)18/h1-3,8,11,16H,4,6H2,(H,17,18)/t8?,11-/m0/s1. The summed E-state index contributed by atoms with van der Waals surface area (Å²) in [4.78, 5) is 10.7. The minimum atomic E-state index is -4.24. The SMILES string of the molecule is N#Cc1cc(S(=O)(=O)N2CC(O)C[C@H]2C(=O)O)ccc1F. The average Bonchev–Trinajstić information content (AvgIpc) is 2.82. The van der Waals surface area contributed by atoms with Crippen LogP contribution in [0.25, 0.3) is 0 Å². The fourth-order valence-corrected chi connectivity index (χ4v) is 3.82. The van der Waals surface area contributed by atoms with Crippen LogP contribution < -0.4 is 0 Å². The predicted molar refractivity (Wildman–Crippen MR) is 67.1 cm³/mol. The number of halogens is 1. The summed E-state index contributed by atoms with van der Waals surface area (Å²) >= 11 is 0. The summed E-state index contributed by atoms with van der Waals surface area (Å²) in [6.45, 7) is -0.363. The first-order chi connectivity index (χ1) is 9.77. The number of nitrogens with zero attached hydrogens (tertiary/aromatic N) is 2. The summed E-state index contributed by atoms with van der Waals surface area (Å²) in [6, 6.07) is 2.75. The van der Waals surface area contributed by atoms with Crippen LogP contribution in [-0.4, -0.2) is 47.6 Å². The summed E-state index contributed by atoms with van der Waals surface area (Å²) < 4.78 is 38.7. The van der Waals surface area contributed by atoms with Gasteiger partial charge in [0, 0.05) is 13.0 Å². The van der Waals surface area contributed by atoms with Crippen LogP contribution in [0.5, 0.6) is 0 Å². The summed E-state index contributed by atoms with van der Waals surface area (Å²) in [5.41, 5.74) is -0.456. The monoisotopic (exact) mass is 314 g/mol. The highest BCUT2D eigenvalue weighted by atomic mass is 32.2. The van der Waals surface area contributed by atoms with Gasteiger partial charge < -0.3 is 10.2 Å². The van der Waals surface area contributed by atoms with Crippen LogP contribution in [0.4, 0.5) is 4.39 Å². The quantitative estimate of drug-likeness (QED) is 0.804. The van der Waals surface area contributed by atoms with E-state index in [4.69, 9.17) is 10.4 Å². The molecular weight excluding hydrogens is 303 g/mol. The second-order valence-electron chi connectivity index (χ2n) is 4.57. The van der Waals surface area contributed by atoms with E-state index in [0.717, 1.165) is 18.2 Å². The first-order valence-corrected chi connectivity index (χ1v) is 7.33. The number of sulfonamides is 1. The van der Waals surface area contributed by atoms with Crippen LogP contribution in [0.2, 0.25) is 0 Å². The van der Waals surface area contributed by atoms with Crippen molar-refractivity contribution in [1.82, 2.24) is 4.31 Å². The number of carboxylic acids is 1. The number of aliphatic carboxylic acids is 1. The molecule has 0 aromatic heterocycles. The Hall–Kier alpha value is -2.02. The van der Waals surface area contributed by atoms with Crippen molar-refractivity contribution in [3.05, 3.63) is 29.6 Å². The molecule has 2 N–H and O–H groups in total. The summed E-state index contributed by atoms with van der Waals surface area (Å²) in [5.74, 6) is -2.24. The summed E-state index contributed by atoms with van der Waals surface area (Å²) in [5, 5.41) is 27.2. The zero-order valence-electron chi connectivity index (χ0n) is 10.6. The molecule has 2 rings (SSSR count). The van der Waals surface area contributed by atoms with E-state index in [1.54, 1.807) is 0 Å². The maximum absolute atomic E-state index is 13.2. The number of rotatable bonds is 3. The smallest absolute Gasteiger partial charge is 0.322 e. The van der Waals surface area contributed by atoms with E-state index in [0.29, 0.717) is 4.31 Å². The molecule has 0 saturated carbocycles. The molecule has 1 fully saturated rings. The van der Waals surface area contributed by atoms with E-state index in [9.17, 15) is 22.7 Å². The van der Waals surface area contributed by atoms with E-state index in [2.05, 4.69) is 0 Å². The van der Waals surface area contributed by atoms with Gasteiger partial charge in [-0.05, 0) is 18.2 Å². The van der Waals surface area contributed by atoms with Crippen molar-refractivity contribution in [3.63, 3.8) is 0 Å². The maximum Gasteiger partial charge on any atom is 0.322 e. The van der Waals surface area contributed by atoms with E-state index >= 15 is 0 Å². The van der Waals surface area contributed by atoms with E-state index < -0.39 is 39.5 Å². The number of aliphatic hydroxyl groups excluding tert-OH is 1. The second-order valence-corrected chi connectivity index (χ2v) is 6.46. The molecule has 1 aliphatic rings. The highest BCUT2D eigenvalue weighted by Gasteiger charge is 2.43. The molecule has 9 heteroatoms. The van der Waals surface area contributed by atoms with Gasteiger partial charge in [0.25, 0.3) is 0 Å². The minimum absolute atomic E-state index is 0.221. The Bertz CT molecular complexity index is 728. The van der Waals surface area contributed by atoms with Crippen molar-refractivity contribution in [1.29, 1.82) is 5.26 Å². The Morgan fingerprint density at radius 3 is 2.71 bits per heavy atom. The van der Waals surface area contributed by atoms with Gasteiger partial charge in [-0.2, -0.15) is 9.57 Å². The molecule has 1 aliphatic heterocycles.